The second-order valence-electron chi connectivity index (χ2n) is 5.34. The Morgan fingerprint density at radius 3 is 2.45 bits per heavy atom. The van der Waals surface area contributed by atoms with Gasteiger partial charge in [-0.3, -0.25) is 4.79 Å². The smallest absolute Gasteiger partial charge is 0.274 e. The van der Waals surface area contributed by atoms with Gasteiger partial charge in [-0.25, -0.2) is 9.97 Å². The van der Waals surface area contributed by atoms with Crippen LogP contribution in [0.4, 0.5) is 11.5 Å². The lowest BCUT2D eigenvalue weighted by Gasteiger charge is -2.22. The van der Waals surface area contributed by atoms with Crippen LogP contribution in [0, 0.1) is 0 Å². The van der Waals surface area contributed by atoms with Crippen LogP contribution in [0.2, 0.25) is 0 Å². The Labute approximate surface area is 130 Å². The van der Waals surface area contributed by atoms with Crippen LogP contribution in [0.25, 0.3) is 0 Å². The number of aromatic nitrogens is 2. The monoisotopic (exact) mass is 296 g/mol. The summed E-state index contributed by atoms with van der Waals surface area (Å²) in [5.74, 6) is 0.742. The van der Waals surface area contributed by atoms with Crippen LogP contribution in [0.5, 0.6) is 0 Å². The van der Waals surface area contributed by atoms with Gasteiger partial charge in [0.2, 0.25) is 0 Å². The lowest BCUT2D eigenvalue weighted by Crippen LogP contribution is -2.28. The number of carbonyl (C=O) groups excluding carboxylic acids is 1. The normalized spacial score (nSPS) is 14.1. The molecule has 0 saturated carbocycles. The molecule has 0 unspecified atom stereocenters. The summed E-state index contributed by atoms with van der Waals surface area (Å²) in [5, 5.41) is 0. The van der Waals surface area contributed by atoms with Gasteiger partial charge in [-0.05, 0) is 31.9 Å². The summed E-state index contributed by atoms with van der Waals surface area (Å²) in [6.45, 7) is 4.51. The van der Waals surface area contributed by atoms with Gasteiger partial charge in [-0.1, -0.05) is 18.2 Å². The molecule has 2 aromatic rings. The summed E-state index contributed by atoms with van der Waals surface area (Å²) in [5.41, 5.74) is 1.49. The summed E-state index contributed by atoms with van der Waals surface area (Å²) in [6.07, 6.45) is 5.42. The molecule has 1 aliphatic heterocycles. The fourth-order valence-corrected chi connectivity index (χ4v) is 2.74. The molecule has 3 rings (SSSR count). The van der Waals surface area contributed by atoms with E-state index in [0.29, 0.717) is 5.69 Å². The topological polar surface area (TPSA) is 49.3 Å². The van der Waals surface area contributed by atoms with Gasteiger partial charge in [0.05, 0.1) is 12.4 Å². The van der Waals surface area contributed by atoms with Crippen LogP contribution < -0.4 is 4.90 Å². The third kappa shape index (κ3) is 2.93. The van der Waals surface area contributed by atoms with E-state index in [4.69, 9.17) is 0 Å². The quantitative estimate of drug-likeness (QED) is 0.870. The Hall–Kier alpha value is -2.43. The van der Waals surface area contributed by atoms with Gasteiger partial charge >= 0.3 is 0 Å². The first-order valence-electron chi connectivity index (χ1n) is 7.73. The molecule has 1 amide bonds. The summed E-state index contributed by atoms with van der Waals surface area (Å²) in [4.78, 5) is 24.9. The molecule has 22 heavy (non-hydrogen) atoms. The van der Waals surface area contributed by atoms with Crippen molar-refractivity contribution in [3.05, 3.63) is 48.4 Å². The minimum Gasteiger partial charge on any atom is -0.337 e. The van der Waals surface area contributed by atoms with Gasteiger partial charge in [-0.15, -0.1) is 0 Å². The maximum atomic E-state index is 12.3. The fourth-order valence-electron chi connectivity index (χ4n) is 2.74. The molecule has 0 atom stereocenters. The summed E-state index contributed by atoms with van der Waals surface area (Å²) in [7, 11) is 0. The maximum Gasteiger partial charge on any atom is 0.274 e. The lowest BCUT2D eigenvalue weighted by atomic mass is 10.3. The largest absolute Gasteiger partial charge is 0.337 e. The zero-order chi connectivity index (χ0) is 15.4. The maximum absolute atomic E-state index is 12.3. The number of nitrogens with zero attached hydrogens (tertiary/aromatic N) is 4. The van der Waals surface area contributed by atoms with Gasteiger partial charge in [0.1, 0.15) is 5.69 Å². The molecule has 0 aliphatic carbocycles. The molecule has 0 radical (unpaired) electrons. The van der Waals surface area contributed by atoms with Gasteiger partial charge in [0, 0.05) is 25.3 Å². The Kier molecular flexibility index (Phi) is 4.32. The van der Waals surface area contributed by atoms with Crippen molar-refractivity contribution in [3.63, 3.8) is 0 Å². The minimum atomic E-state index is -0.0145. The predicted molar refractivity (Wildman–Crippen MR) is 86.3 cm³/mol. The van der Waals surface area contributed by atoms with E-state index >= 15 is 0 Å². The molecule has 0 N–H and O–H groups in total. The Morgan fingerprint density at radius 2 is 1.86 bits per heavy atom. The van der Waals surface area contributed by atoms with Crippen molar-refractivity contribution < 1.29 is 4.79 Å². The van der Waals surface area contributed by atoms with Crippen LogP contribution >= 0.6 is 0 Å². The molecule has 1 saturated heterocycles. The average molecular weight is 296 g/mol. The first-order chi connectivity index (χ1) is 10.8. The number of carbonyl (C=O) groups is 1. The fraction of sp³-hybridized carbons (Fsp3) is 0.353. The Balaban J connectivity index is 1.79. The van der Waals surface area contributed by atoms with E-state index in [9.17, 15) is 4.79 Å². The van der Waals surface area contributed by atoms with Crippen LogP contribution in [0.1, 0.15) is 30.3 Å². The second-order valence-corrected chi connectivity index (χ2v) is 5.34. The number of hydrogen-bond donors (Lipinski definition) is 0. The second kappa shape index (κ2) is 6.56. The van der Waals surface area contributed by atoms with Crippen molar-refractivity contribution in [1.29, 1.82) is 0 Å². The zero-order valence-electron chi connectivity index (χ0n) is 12.8. The molecule has 1 fully saturated rings. The number of likely N-dealkylation sites (tertiary alicyclic amines) is 1. The molecule has 5 nitrogen and oxygen atoms in total. The van der Waals surface area contributed by atoms with E-state index < -0.39 is 0 Å². The summed E-state index contributed by atoms with van der Waals surface area (Å²) in [6, 6.07) is 10.1. The number of amides is 1. The van der Waals surface area contributed by atoms with Gasteiger partial charge in [-0.2, -0.15) is 0 Å². The van der Waals surface area contributed by atoms with Crippen molar-refractivity contribution in [2.75, 3.05) is 24.5 Å². The van der Waals surface area contributed by atoms with Crippen molar-refractivity contribution >= 4 is 17.4 Å². The number of anilines is 2. The predicted octanol–water partition coefficient (Wildman–Crippen LogP) is 2.87. The molecular weight excluding hydrogens is 276 g/mol. The summed E-state index contributed by atoms with van der Waals surface area (Å²) < 4.78 is 0. The molecule has 1 aromatic carbocycles. The highest BCUT2D eigenvalue weighted by atomic mass is 16.2. The Bertz CT molecular complexity index is 621. The molecule has 114 valence electrons. The van der Waals surface area contributed by atoms with E-state index in [1.807, 2.05) is 35.2 Å². The number of rotatable bonds is 4. The van der Waals surface area contributed by atoms with Crippen LogP contribution in [0.3, 0.4) is 0 Å². The van der Waals surface area contributed by atoms with Gasteiger partial charge < -0.3 is 9.80 Å². The lowest BCUT2D eigenvalue weighted by molar-refractivity contribution is 0.0786. The van der Waals surface area contributed by atoms with Crippen LogP contribution in [-0.2, 0) is 0 Å². The zero-order valence-corrected chi connectivity index (χ0v) is 12.8. The van der Waals surface area contributed by atoms with E-state index in [1.165, 1.54) is 0 Å². The molecule has 1 aromatic heterocycles. The molecular formula is C17H20N4O. The van der Waals surface area contributed by atoms with Crippen molar-refractivity contribution in [3.8, 4) is 0 Å². The number of hydrogen-bond acceptors (Lipinski definition) is 4. The van der Waals surface area contributed by atoms with Gasteiger partial charge in [0.25, 0.3) is 5.91 Å². The molecule has 5 heteroatoms. The number of para-hydroxylation sites is 1. The molecule has 0 bridgehead atoms. The van der Waals surface area contributed by atoms with Gasteiger partial charge in [0.15, 0.2) is 5.82 Å². The van der Waals surface area contributed by atoms with E-state index in [0.717, 1.165) is 44.0 Å². The van der Waals surface area contributed by atoms with Crippen molar-refractivity contribution in [2.24, 2.45) is 0 Å². The van der Waals surface area contributed by atoms with Crippen LogP contribution in [-0.4, -0.2) is 40.4 Å². The Morgan fingerprint density at radius 1 is 1.14 bits per heavy atom. The standard InChI is InChI=1S/C17H20N4O/c1-2-21(14-8-4-3-5-9-14)16-13-18-15(12-19-16)17(22)20-10-6-7-11-20/h3-5,8-9,12-13H,2,6-7,10-11H2,1H3. The SMILES string of the molecule is CCN(c1ccccc1)c1cnc(C(=O)N2CCCC2)cn1. The summed E-state index contributed by atoms with van der Waals surface area (Å²) >= 11 is 0. The van der Waals surface area contributed by atoms with Crippen molar-refractivity contribution in [1.82, 2.24) is 14.9 Å². The highest BCUT2D eigenvalue weighted by Crippen LogP contribution is 2.22. The third-order valence-electron chi connectivity index (χ3n) is 3.91. The van der Waals surface area contributed by atoms with Crippen molar-refractivity contribution in [2.45, 2.75) is 19.8 Å². The first-order valence-corrected chi connectivity index (χ1v) is 7.73. The molecule has 0 spiro atoms. The van der Waals surface area contributed by atoms with Crippen LogP contribution in [0.15, 0.2) is 42.7 Å². The van der Waals surface area contributed by atoms with E-state index in [1.54, 1.807) is 12.4 Å². The number of benzene rings is 1. The molecule has 1 aliphatic rings. The molecule has 2 heterocycles. The highest BCUT2D eigenvalue weighted by Gasteiger charge is 2.21. The first kappa shape index (κ1) is 14.5. The van der Waals surface area contributed by atoms with E-state index in [-0.39, 0.29) is 5.91 Å². The van der Waals surface area contributed by atoms with E-state index in [2.05, 4.69) is 21.8 Å². The average Bonchev–Trinajstić information content (AvgIpc) is 3.11. The minimum absolute atomic E-state index is 0.0145. The highest BCUT2D eigenvalue weighted by molar-refractivity contribution is 5.92. The third-order valence-corrected chi connectivity index (χ3v) is 3.91.